The number of benzene rings is 1. The Bertz CT molecular complexity index is 217. The highest BCUT2D eigenvalue weighted by Gasteiger charge is 1.81. The van der Waals surface area contributed by atoms with Gasteiger partial charge in [-0.25, -0.2) is 10.2 Å². The quantitative estimate of drug-likeness (QED) is 0.435. The summed E-state index contributed by atoms with van der Waals surface area (Å²) in [6.45, 7) is 0. The third-order valence-electron chi connectivity index (χ3n) is 0.997. The SMILES string of the molecule is BrCc1ccccc1.N=C=O. The number of hydrogen-bond donors (Lipinski definition) is 1. The predicted molar refractivity (Wildman–Crippen MR) is 47.5 cm³/mol. The average molecular weight is 214 g/mol. The maximum atomic E-state index is 8.35. The second-order valence-electron chi connectivity index (χ2n) is 1.72. The zero-order valence-corrected chi connectivity index (χ0v) is 7.47. The van der Waals surface area contributed by atoms with Gasteiger partial charge in [-0.15, -0.1) is 0 Å². The summed E-state index contributed by atoms with van der Waals surface area (Å²) in [7, 11) is 0. The van der Waals surface area contributed by atoms with Crippen molar-refractivity contribution < 1.29 is 4.79 Å². The van der Waals surface area contributed by atoms with Crippen molar-refractivity contribution >= 4 is 22.0 Å². The van der Waals surface area contributed by atoms with Crippen LogP contribution < -0.4 is 0 Å². The molecule has 3 heteroatoms. The van der Waals surface area contributed by atoms with Crippen molar-refractivity contribution in [1.29, 1.82) is 5.41 Å². The first-order valence-corrected chi connectivity index (χ1v) is 4.11. The van der Waals surface area contributed by atoms with E-state index < -0.39 is 0 Å². The molecule has 0 fully saturated rings. The van der Waals surface area contributed by atoms with Crippen LogP contribution in [0.4, 0.5) is 0 Å². The van der Waals surface area contributed by atoms with Crippen LogP contribution in [0.25, 0.3) is 0 Å². The third kappa shape index (κ3) is 5.52. The van der Waals surface area contributed by atoms with Crippen LogP contribution in [0.5, 0.6) is 0 Å². The van der Waals surface area contributed by atoms with Crippen molar-refractivity contribution in [2.24, 2.45) is 0 Å². The van der Waals surface area contributed by atoms with Crippen LogP contribution in [0, 0.1) is 5.41 Å². The van der Waals surface area contributed by atoms with E-state index in [1.165, 1.54) is 5.56 Å². The molecule has 0 saturated heterocycles. The summed E-state index contributed by atoms with van der Waals surface area (Å²) < 4.78 is 0. The average Bonchev–Trinajstić information content (AvgIpc) is 2.08. The van der Waals surface area contributed by atoms with Crippen molar-refractivity contribution in [3.63, 3.8) is 0 Å². The molecule has 58 valence electrons. The lowest BCUT2D eigenvalue weighted by atomic mass is 10.2. The fraction of sp³-hybridized carbons (Fsp3) is 0.125. The van der Waals surface area contributed by atoms with Gasteiger partial charge >= 0.3 is 0 Å². The normalized spacial score (nSPS) is 7.36. The van der Waals surface area contributed by atoms with Crippen molar-refractivity contribution in [2.75, 3.05) is 0 Å². The zero-order chi connectivity index (χ0) is 8.53. The minimum absolute atomic E-state index is 0.750. The first kappa shape index (κ1) is 10.1. The van der Waals surface area contributed by atoms with E-state index in [2.05, 4.69) is 28.1 Å². The van der Waals surface area contributed by atoms with Gasteiger partial charge in [0.25, 0.3) is 0 Å². The second kappa shape index (κ2) is 7.19. The van der Waals surface area contributed by atoms with Gasteiger partial charge < -0.3 is 0 Å². The minimum Gasteiger partial charge on any atom is -0.222 e. The Kier molecular flexibility index (Phi) is 6.59. The highest BCUT2D eigenvalue weighted by molar-refractivity contribution is 9.08. The fourth-order valence-electron chi connectivity index (χ4n) is 0.567. The highest BCUT2D eigenvalue weighted by Crippen LogP contribution is 2.02. The maximum absolute atomic E-state index is 8.35. The molecule has 0 aliphatic heterocycles. The molecule has 0 aromatic heterocycles. The summed E-state index contributed by atoms with van der Waals surface area (Å²) >= 11 is 3.36. The number of isocyanates is 1. The Morgan fingerprint density at radius 3 is 2.09 bits per heavy atom. The molecule has 0 unspecified atom stereocenters. The maximum Gasteiger partial charge on any atom is 0.231 e. The Morgan fingerprint density at radius 2 is 1.82 bits per heavy atom. The number of rotatable bonds is 1. The highest BCUT2D eigenvalue weighted by atomic mass is 79.9. The lowest BCUT2D eigenvalue weighted by Crippen LogP contribution is -1.70. The molecule has 11 heavy (non-hydrogen) atoms. The molecular formula is C8H8BrNO. The minimum atomic E-state index is 0.750. The van der Waals surface area contributed by atoms with Gasteiger partial charge in [0.05, 0.1) is 0 Å². The molecule has 1 rings (SSSR count). The van der Waals surface area contributed by atoms with E-state index in [1.54, 1.807) is 0 Å². The molecule has 0 aliphatic rings. The largest absolute Gasteiger partial charge is 0.231 e. The Labute approximate surface area is 73.9 Å². The van der Waals surface area contributed by atoms with Crippen LogP contribution in [0.15, 0.2) is 30.3 Å². The van der Waals surface area contributed by atoms with Gasteiger partial charge in [0.15, 0.2) is 0 Å². The number of alkyl halides is 1. The Morgan fingerprint density at radius 1 is 1.36 bits per heavy atom. The molecule has 1 aromatic carbocycles. The molecular weight excluding hydrogens is 206 g/mol. The van der Waals surface area contributed by atoms with E-state index in [4.69, 9.17) is 10.2 Å². The molecule has 1 N–H and O–H groups in total. The molecule has 0 bridgehead atoms. The molecule has 0 amide bonds. The topological polar surface area (TPSA) is 40.9 Å². The van der Waals surface area contributed by atoms with Gasteiger partial charge in [-0.3, -0.25) is 0 Å². The molecule has 0 saturated carbocycles. The summed E-state index contributed by atoms with van der Waals surface area (Å²) in [5.74, 6) is 0. The summed E-state index contributed by atoms with van der Waals surface area (Å²) in [4.78, 5) is 8.35. The van der Waals surface area contributed by atoms with E-state index in [0.29, 0.717) is 0 Å². The number of nitrogens with one attached hydrogen (secondary N) is 1. The van der Waals surface area contributed by atoms with Crippen LogP contribution in [0.3, 0.4) is 0 Å². The van der Waals surface area contributed by atoms with Crippen molar-refractivity contribution in [3.05, 3.63) is 35.9 Å². The smallest absolute Gasteiger partial charge is 0.222 e. The molecule has 0 radical (unpaired) electrons. The van der Waals surface area contributed by atoms with Gasteiger partial charge in [-0.1, -0.05) is 46.3 Å². The Hall–Kier alpha value is -0.920. The van der Waals surface area contributed by atoms with Crippen molar-refractivity contribution in [2.45, 2.75) is 5.33 Å². The summed E-state index contributed by atoms with van der Waals surface area (Å²) in [6, 6.07) is 10.3. The predicted octanol–water partition coefficient (Wildman–Crippen LogP) is 2.48. The van der Waals surface area contributed by atoms with Crippen LogP contribution in [-0.4, -0.2) is 6.08 Å². The lowest BCUT2D eigenvalue weighted by Gasteiger charge is -1.88. The van der Waals surface area contributed by atoms with Crippen LogP contribution in [-0.2, 0) is 10.1 Å². The first-order chi connectivity index (χ1) is 5.35. The summed E-state index contributed by atoms with van der Waals surface area (Å²) in [5, 5.41) is 6.36. The van der Waals surface area contributed by atoms with Crippen LogP contribution >= 0.6 is 15.9 Å². The second-order valence-corrected chi connectivity index (χ2v) is 2.28. The van der Waals surface area contributed by atoms with E-state index >= 15 is 0 Å². The number of halogens is 1. The van der Waals surface area contributed by atoms with Gasteiger partial charge in [0.1, 0.15) is 0 Å². The standard InChI is InChI=1S/C7H7Br.CHNO/c8-6-7-4-2-1-3-5-7;2-1-3/h1-5H,6H2;2H. The van der Waals surface area contributed by atoms with Gasteiger partial charge in [-0.2, -0.15) is 0 Å². The third-order valence-corrected chi connectivity index (χ3v) is 1.64. The molecule has 0 heterocycles. The number of carbonyl (C=O) groups excluding carboxylic acids is 1. The van der Waals surface area contributed by atoms with E-state index in [-0.39, 0.29) is 0 Å². The van der Waals surface area contributed by atoms with Gasteiger partial charge in [-0.05, 0) is 5.56 Å². The number of hydrogen-bond acceptors (Lipinski definition) is 2. The van der Waals surface area contributed by atoms with Gasteiger partial charge in [0.2, 0.25) is 6.08 Å². The van der Waals surface area contributed by atoms with Gasteiger partial charge in [0, 0.05) is 5.33 Å². The summed E-state index contributed by atoms with van der Waals surface area (Å²) in [6.07, 6.45) is 0.750. The summed E-state index contributed by atoms with van der Waals surface area (Å²) in [5.41, 5.74) is 1.33. The first-order valence-electron chi connectivity index (χ1n) is 2.99. The van der Waals surface area contributed by atoms with Crippen LogP contribution in [0.2, 0.25) is 0 Å². The molecule has 0 aliphatic carbocycles. The fourth-order valence-corrected chi connectivity index (χ4v) is 0.941. The van der Waals surface area contributed by atoms with Crippen molar-refractivity contribution in [1.82, 2.24) is 0 Å². The Balaban J connectivity index is 0.000000292. The molecule has 1 aromatic rings. The molecule has 0 spiro atoms. The van der Waals surface area contributed by atoms with E-state index in [1.807, 2.05) is 18.2 Å². The lowest BCUT2D eigenvalue weighted by molar-refractivity contribution is 0.563. The van der Waals surface area contributed by atoms with Crippen LogP contribution in [0.1, 0.15) is 5.56 Å². The van der Waals surface area contributed by atoms with Crippen molar-refractivity contribution in [3.8, 4) is 0 Å². The van der Waals surface area contributed by atoms with E-state index in [9.17, 15) is 0 Å². The zero-order valence-electron chi connectivity index (χ0n) is 5.88. The molecule has 0 atom stereocenters. The molecule has 2 nitrogen and oxygen atoms in total. The monoisotopic (exact) mass is 213 g/mol. The van der Waals surface area contributed by atoms with E-state index in [0.717, 1.165) is 11.4 Å².